The Labute approximate surface area is 288 Å². The maximum absolute atomic E-state index is 4.95. The van der Waals surface area contributed by atoms with Crippen molar-refractivity contribution in [3.05, 3.63) is 176 Å². The molecule has 3 nitrogen and oxygen atoms in total. The van der Waals surface area contributed by atoms with E-state index in [4.69, 9.17) is 10.2 Å². The lowest BCUT2D eigenvalue weighted by Gasteiger charge is -2.20. The minimum Gasteiger partial charge on any atom is -0.135 e. The molecule has 0 unspecified atom stereocenters. The number of rotatable bonds is 6. The molecule has 0 saturated heterocycles. The van der Waals surface area contributed by atoms with E-state index in [2.05, 4.69) is 175 Å². The molecule has 0 atom stereocenters. The van der Waals surface area contributed by atoms with Crippen molar-refractivity contribution < 1.29 is 0 Å². The van der Waals surface area contributed by atoms with Crippen LogP contribution in [0.1, 0.15) is 0 Å². The van der Waals surface area contributed by atoms with Crippen molar-refractivity contribution in [2.24, 2.45) is 0 Å². The Morgan fingerprint density at radius 1 is 0.327 bits per heavy atom. The molecule has 7 aromatic carbocycles. The fraction of sp³-hybridized carbons (Fsp3) is 0. The van der Waals surface area contributed by atoms with E-state index in [1.165, 1.54) is 20.2 Å². The van der Waals surface area contributed by atoms with Crippen LogP contribution in [0, 0.1) is 0 Å². The van der Waals surface area contributed by atoms with E-state index < -0.39 is 0 Å². The molecule has 0 amide bonds. The van der Waals surface area contributed by atoms with Gasteiger partial charge in [-0.05, 0) is 50.7 Å². The van der Waals surface area contributed by atoms with Crippen LogP contribution in [0.15, 0.2) is 176 Å². The van der Waals surface area contributed by atoms with Crippen molar-refractivity contribution in [3.8, 4) is 67.0 Å². The van der Waals surface area contributed by atoms with Gasteiger partial charge < -0.3 is 0 Å². The van der Waals surface area contributed by atoms with E-state index in [1.807, 2.05) is 17.4 Å². The highest BCUT2D eigenvalue weighted by Crippen LogP contribution is 2.49. The maximum atomic E-state index is 4.95. The van der Waals surface area contributed by atoms with Gasteiger partial charge >= 0.3 is 0 Å². The molecule has 0 aliphatic carbocycles. The summed E-state index contributed by atoms with van der Waals surface area (Å²) in [6.07, 6.45) is 0. The molecule has 2 aromatic heterocycles. The molecule has 230 valence electrons. The molecule has 0 N–H and O–H groups in total. The highest BCUT2D eigenvalue weighted by Gasteiger charge is 2.26. The van der Waals surface area contributed by atoms with Crippen molar-refractivity contribution in [2.45, 2.75) is 0 Å². The molecule has 0 aliphatic heterocycles. The third kappa shape index (κ3) is 5.10. The zero-order valence-electron chi connectivity index (χ0n) is 26.5. The van der Waals surface area contributed by atoms with E-state index in [0.717, 1.165) is 67.0 Å². The Hall–Kier alpha value is -6.23. The zero-order valence-corrected chi connectivity index (χ0v) is 27.3. The first kappa shape index (κ1) is 29.0. The topological polar surface area (TPSA) is 38.7 Å². The van der Waals surface area contributed by atoms with Crippen LogP contribution in [0.4, 0.5) is 0 Å². The van der Waals surface area contributed by atoms with Crippen LogP contribution in [-0.4, -0.2) is 15.4 Å². The van der Waals surface area contributed by atoms with Gasteiger partial charge in [-0.1, -0.05) is 164 Å². The van der Waals surface area contributed by atoms with Gasteiger partial charge in [0.1, 0.15) is 11.4 Å². The summed E-state index contributed by atoms with van der Waals surface area (Å²) in [6, 6.07) is 62.0. The van der Waals surface area contributed by atoms with Gasteiger partial charge in [-0.2, -0.15) is 0 Å². The number of benzene rings is 7. The molecule has 0 bridgehead atoms. The molecule has 2 heterocycles. The quantitative estimate of drug-likeness (QED) is 0.181. The van der Waals surface area contributed by atoms with E-state index in [9.17, 15) is 0 Å². The molecule has 9 rings (SSSR count). The van der Waals surface area contributed by atoms with Crippen LogP contribution in [0.3, 0.4) is 0 Å². The first-order chi connectivity index (χ1) is 24.3. The average Bonchev–Trinajstić information content (AvgIpc) is 3.57. The van der Waals surface area contributed by atoms with Crippen LogP contribution in [0.2, 0.25) is 0 Å². The molecule has 0 spiro atoms. The Balaban J connectivity index is 1.42. The van der Waals surface area contributed by atoms with E-state index in [1.54, 1.807) is 0 Å². The zero-order chi connectivity index (χ0) is 32.6. The SMILES string of the molecule is c1ccc(-c2ccccc2-c2nnnc(-c3ccc4sc5ccccc5c4c3-c3ccccc3)c2-c2ccccc2-c2ccccc2)cc1. The number of hydrogen-bond acceptors (Lipinski definition) is 4. The van der Waals surface area contributed by atoms with Gasteiger partial charge in [0.05, 0.1) is 0 Å². The van der Waals surface area contributed by atoms with E-state index in [0.29, 0.717) is 0 Å². The molecular weight excluding hydrogens is 615 g/mol. The normalized spacial score (nSPS) is 11.3. The number of aromatic nitrogens is 3. The van der Waals surface area contributed by atoms with Crippen molar-refractivity contribution in [2.75, 3.05) is 0 Å². The van der Waals surface area contributed by atoms with Gasteiger partial charge in [-0.25, -0.2) is 0 Å². The summed E-state index contributed by atoms with van der Waals surface area (Å²) in [6.45, 7) is 0. The molecule has 4 heteroatoms. The van der Waals surface area contributed by atoms with Crippen LogP contribution < -0.4 is 0 Å². The van der Waals surface area contributed by atoms with Crippen LogP contribution in [0.25, 0.3) is 87.2 Å². The second-order valence-electron chi connectivity index (χ2n) is 12.0. The lowest BCUT2D eigenvalue weighted by molar-refractivity contribution is 0.879. The minimum absolute atomic E-state index is 0.794. The first-order valence-corrected chi connectivity index (χ1v) is 17.2. The number of thiophene rings is 1. The summed E-state index contributed by atoms with van der Waals surface area (Å²) < 4.78 is 2.51. The van der Waals surface area contributed by atoms with Crippen molar-refractivity contribution in [1.82, 2.24) is 15.4 Å². The highest BCUT2D eigenvalue weighted by atomic mass is 32.1. The lowest BCUT2D eigenvalue weighted by Crippen LogP contribution is -2.03. The molecule has 0 fully saturated rings. The molecule has 0 saturated carbocycles. The van der Waals surface area contributed by atoms with Crippen LogP contribution in [0.5, 0.6) is 0 Å². The monoisotopic (exact) mass is 643 g/mol. The predicted molar refractivity (Wildman–Crippen MR) is 205 cm³/mol. The number of fused-ring (bicyclic) bond motifs is 3. The third-order valence-electron chi connectivity index (χ3n) is 9.17. The van der Waals surface area contributed by atoms with Crippen molar-refractivity contribution in [1.29, 1.82) is 0 Å². The van der Waals surface area contributed by atoms with Gasteiger partial charge in [0.15, 0.2) is 0 Å². The third-order valence-corrected chi connectivity index (χ3v) is 10.3. The standard InChI is InChI=1S/C45H29N3S/c1-4-16-30(17-5-1)33-22-10-12-24-35(33)43-44(36-25-13-11-23-34(36)31-18-6-2-7-19-31)46-48-47-45(43)38-28-29-40-42(37-26-14-15-27-39(37)49-40)41(38)32-20-8-3-9-21-32/h1-29H. The summed E-state index contributed by atoms with van der Waals surface area (Å²) >= 11 is 1.83. The average molecular weight is 644 g/mol. The summed E-state index contributed by atoms with van der Waals surface area (Å²) in [7, 11) is 0. The molecule has 49 heavy (non-hydrogen) atoms. The first-order valence-electron chi connectivity index (χ1n) is 16.4. The molecule has 9 aromatic rings. The fourth-order valence-corrected chi connectivity index (χ4v) is 8.12. The van der Waals surface area contributed by atoms with Crippen LogP contribution >= 0.6 is 11.3 Å². The Bertz CT molecular complexity index is 2590. The van der Waals surface area contributed by atoms with Gasteiger partial charge in [0.25, 0.3) is 0 Å². The predicted octanol–water partition coefficient (Wildman–Crippen LogP) is 12.2. The second-order valence-corrected chi connectivity index (χ2v) is 13.1. The number of hydrogen-bond donors (Lipinski definition) is 0. The summed E-state index contributed by atoms with van der Waals surface area (Å²) in [5.74, 6) is 0. The second kappa shape index (κ2) is 12.4. The van der Waals surface area contributed by atoms with Gasteiger partial charge in [0.2, 0.25) is 0 Å². The van der Waals surface area contributed by atoms with Crippen molar-refractivity contribution >= 4 is 31.5 Å². The number of nitrogens with zero attached hydrogens (tertiary/aromatic N) is 3. The maximum Gasteiger partial charge on any atom is 0.105 e. The Morgan fingerprint density at radius 2 is 0.816 bits per heavy atom. The summed E-state index contributed by atoms with van der Waals surface area (Å²) in [4.78, 5) is 0. The molecule has 0 aliphatic rings. The Kier molecular flexibility index (Phi) is 7.34. The molecule has 0 radical (unpaired) electrons. The van der Waals surface area contributed by atoms with E-state index >= 15 is 0 Å². The van der Waals surface area contributed by atoms with Gasteiger partial charge in [0, 0.05) is 42.4 Å². The van der Waals surface area contributed by atoms with Crippen molar-refractivity contribution in [3.63, 3.8) is 0 Å². The minimum atomic E-state index is 0.794. The molecular formula is C45H29N3S. The summed E-state index contributed by atoms with van der Waals surface area (Å²) in [5, 5.41) is 16.8. The lowest BCUT2D eigenvalue weighted by atomic mass is 9.85. The largest absolute Gasteiger partial charge is 0.135 e. The smallest absolute Gasteiger partial charge is 0.105 e. The van der Waals surface area contributed by atoms with Gasteiger partial charge in [-0.3, -0.25) is 0 Å². The van der Waals surface area contributed by atoms with Gasteiger partial charge in [-0.15, -0.1) is 21.5 Å². The highest BCUT2D eigenvalue weighted by molar-refractivity contribution is 7.26. The van der Waals surface area contributed by atoms with E-state index in [-0.39, 0.29) is 0 Å². The van der Waals surface area contributed by atoms with Crippen LogP contribution in [-0.2, 0) is 0 Å². The summed E-state index contributed by atoms with van der Waals surface area (Å²) in [5.41, 5.74) is 12.4. The Morgan fingerprint density at radius 3 is 1.47 bits per heavy atom. The fourth-order valence-electron chi connectivity index (χ4n) is 7.00.